The monoisotopic (exact) mass is 214 g/mol. The summed E-state index contributed by atoms with van der Waals surface area (Å²) in [7, 11) is -1.90. The number of hydrogen-bond donors (Lipinski definition) is 2. The molecule has 0 aliphatic carbocycles. The van der Waals surface area contributed by atoms with Crippen molar-refractivity contribution in [1.82, 2.24) is 0 Å². The van der Waals surface area contributed by atoms with Gasteiger partial charge in [-0.2, -0.15) is 0 Å². The number of thioether (sulfide) groups is 1. The Balaban J connectivity index is 3.34. The summed E-state index contributed by atoms with van der Waals surface area (Å²) in [5, 5.41) is 17.7. The van der Waals surface area contributed by atoms with Crippen LogP contribution in [-0.4, -0.2) is 29.7 Å². The Bertz CT molecular complexity index is 357. The van der Waals surface area contributed by atoms with Crippen LogP contribution in [0.1, 0.15) is 10.4 Å². The lowest BCUT2D eigenvalue weighted by Gasteiger charge is -2.06. The lowest BCUT2D eigenvalue weighted by atomic mass is 9.79. The molecule has 2 N–H and O–H groups in total. The van der Waals surface area contributed by atoms with Gasteiger partial charge in [-0.3, -0.25) is 4.79 Å². The smallest absolute Gasteiger partial charge is 0.423 e. The molecule has 0 aliphatic rings. The molecule has 74 valence electrons. The minimum atomic E-state index is -1.90. The van der Waals surface area contributed by atoms with Crippen molar-refractivity contribution in [2.75, 3.05) is 6.26 Å². The van der Waals surface area contributed by atoms with Crippen LogP contribution in [0.15, 0.2) is 17.0 Å². The average Bonchev–Trinajstić information content (AvgIpc) is 2.17. The zero-order valence-electron chi connectivity index (χ0n) is 7.40. The van der Waals surface area contributed by atoms with E-state index in [-0.39, 0.29) is 11.0 Å². The van der Waals surface area contributed by atoms with Crippen LogP contribution >= 0.6 is 11.8 Å². The molecule has 0 fully saturated rings. The van der Waals surface area contributed by atoms with E-state index in [9.17, 15) is 9.18 Å². The lowest BCUT2D eigenvalue weighted by molar-refractivity contribution is 0.112. The molecule has 0 saturated heterocycles. The van der Waals surface area contributed by atoms with Crippen molar-refractivity contribution >= 4 is 30.6 Å². The third-order valence-electron chi connectivity index (χ3n) is 1.74. The molecular formula is C8H8BFO3S. The molecule has 0 radical (unpaired) electrons. The van der Waals surface area contributed by atoms with Crippen molar-refractivity contribution in [3.05, 3.63) is 23.5 Å². The number of benzene rings is 1. The van der Waals surface area contributed by atoms with E-state index >= 15 is 0 Å². The SMILES string of the molecule is CSc1cc(C=O)c(F)c(B(O)O)c1. The topological polar surface area (TPSA) is 57.5 Å². The molecule has 0 heterocycles. The van der Waals surface area contributed by atoms with E-state index in [2.05, 4.69) is 0 Å². The molecular weight excluding hydrogens is 206 g/mol. The Hall–Kier alpha value is -0.845. The van der Waals surface area contributed by atoms with Crippen LogP contribution in [0, 0.1) is 5.82 Å². The van der Waals surface area contributed by atoms with E-state index in [0.717, 1.165) is 0 Å². The first-order chi connectivity index (χ1) is 6.60. The fourth-order valence-electron chi connectivity index (χ4n) is 1.03. The highest BCUT2D eigenvalue weighted by molar-refractivity contribution is 7.98. The zero-order chi connectivity index (χ0) is 10.7. The van der Waals surface area contributed by atoms with E-state index in [4.69, 9.17) is 10.0 Å². The molecule has 1 aromatic rings. The first-order valence-electron chi connectivity index (χ1n) is 3.79. The van der Waals surface area contributed by atoms with E-state index in [1.165, 1.54) is 23.9 Å². The van der Waals surface area contributed by atoms with Gasteiger partial charge in [0.15, 0.2) is 6.29 Å². The number of aldehydes is 1. The summed E-state index contributed by atoms with van der Waals surface area (Å²) in [6.45, 7) is 0. The standard InChI is InChI=1S/C8H8BFO3S/c1-14-6-2-5(4-11)8(10)7(3-6)9(12)13/h2-4,12-13H,1H3. The predicted molar refractivity (Wildman–Crippen MR) is 53.4 cm³/mol. The maximum absolute atomic E-state index is 13.3. The summed E-state index contributed by atoms with van der Waals surface area (Å²) in [6, 6.07) is 2.66. The van der Waals surface area contributed by atoms with Gasteiger partial charge in [0.1, 0.15) is 5.82 Å². The third kappa shape index (κ3) is 2.15. The van der Waals surface area contributed by atoms with Gasteiger partial charge in [0.2, 0.25) is 0 Å². The first kappa shape index (κ1) is 11.2. The normalized spacial score (nSPS) is 10.0. The van der Waals surface area contributed by atoms with Crippen LogP contribution in [0.3, 0.4) is 0 Å². The van der Waals surface area contributed by atoms with Gasteiger partial charge in [-0.15, -0.1) is 11.8 Å². The summed E-state index contributed by atoms with van der Waals surface area (Å²) in [5.74, 6) is -0.882. The van der Waals surface area contributed by atoms with Gasteiger partial charge in [0, 0.05) is 10.4 Å². The fourth-order valence-corrected chi connectivity index (χ4v) is 1.52. The summed E-state index contributed by atoms with van der Waals surface area (Å²) >= 11 is 1.29. The molecule has 3 nitrogen and oxygen atoms in total. The average molecular weight is 214 g/mol. The Morgan fingerprint density at radius 1 is 1.50 bits per heavy atom. The molecule has 0 atom stereocenters. The molecule has 14 heavy (non-hydrogen) atoms. The van der Waals surface area contributed by atoms with Gasteiger partial charge in [-0.1, -0.05) is 0 Å². The highest BCUT2D eigenvalue weighted by Gasteiger charge is 2.20. The quantitative estimate of drug-likeness (QED) is 0.423. The first-order valence-corrected chi connectivity index (χ1v) is 5.01. The van der Waals surface area contributed by atoms with E-state index in [0.29, 0.717) is 11.2 Å². The van der Waals surface area contributed by atoms with Crippen molar-refractivity contribution in [3.63, 3.8) is 0 Å². The van der Waals surface area contributed by atoms with Crippen molar-refractivity contribution in [3.8, 4) is 0 Å². The summed E-state index contributed by atoms with van der Waals surface area (Å²) in [4.78, 5) is 11.1. The highest BCUT2D eigenvalue weighted by atomic mass is 32.2. The zero-order valence-corrected chi connectivity index (χ0v) is 8.21. The largest absolute Gasteiger partial charge is 0.491 e. The highest BCUT2D eigenvalue weighted by Crippen LogP contribution is 2.16. The van der Waals surface area contributed by atoms with E-state index < -0.39 is 12.9 Å². The van der Waals surface area contributed by atoms with Crippen LogP contribution in [0.5, 0.6) is 0 Å². The molecule has 0 unspecified atom stereocenters. The van der Waals surface area contributed by atoms with Crippen LogP contribution in [-0.2, 0) is 0 Å². The minimum absolute atomic E-state index is 0.167. The second kappa shape index (κ2) is 4.59. The van der Waals surface area contributed by atoms with Gasteiger partial charge in [0.25, 0.3) is 0 Å². The second-order valence-corrected chi connectivity index (χ2v) is 3.49. The van der Waals surface area contributed by atoms with Crippen LogP contribution < -0.4 is 5.46 Å². The van der Waals surface area contributed by atoms with Gasteiger partial charge in [0.05, 0.1) is 5.56 Å². The number of carbonyl (C=O) groups is 1. The van der Waals surface area contributed by atoms with Crippen molar-refractivity contribution in [2.45, 2.75) is 4.90 Å². The Labute approximate surface area is 85.1 Å². The number of halogens is 1. The van der Waals surface area contributed by atoms with Crippen LogP contribution in [0.4, 0.5) is 4.39 Å². The van der Waals surface area contributed by atoms with Crippen molar-refractivity contribution < 1.29 is 19.2 Å². The van der Waals surface area contributed by atoms with Gasteiger partial charge >= 0.3 is 7.12 Å². The number of hydrogen-bond acceptors (Lipinski definition) is 4. The molecule has 0 spiro atoms. The van der Waals surface area contributed by atoms with Crippen molar-refractivity contribution in [2.24, 2.45) is 0 Å². The van der Waals surface area contributed by atoms with E-state index in [1.54, 1.807) is 6.26 Å². The molecule has 0 aromatic heterocycles. The molecule has 0 aliphatic heterocycles. The molecule has 0 bridgehead atoms. The number of carbonyl (C=O) groups excluding carboxylic acids is 1. The third-order valence-corrected chi connectivity index (χ3v) is 2.45. The fraction of sp³-hybridized carbons (Fsp3) is 0.125. The lowest BCUT2D eigenvalue weighted by Crippen LogP contribution is -2.33. The Morgan fingerprint density at radius 3 is 2.57 bits per heavy atom. The number of rotatable bonds is 3. The van der Waals surface area contributed by atoms with Gasteiger partial charge in [-0.05, 0) is 18.4 Å². The van der Waals surface area contributed by atoms with Crippen LogP contribution in [0.2, 0.25) is 0 Å². The molecule has 1 aromatic carbocycles. The molecule has 0 saturated carbocycles. The molecule has 1 rings (SSSR count). The van der Waals surface area contributed by atoms with Crippen LogP contribution in [0.25, 0.3) is 0 Å². The Morgan fingerprint density at radius 2 is 2.14 bits per heavy atom. The minimum Gasteiger partial charge on any atom is -0.423 e. The predicted octanol–water partition coefficient (Wildman–Crippen LogP) is 0.0399. The maximum Gasteiger partial charge on any atom is 0.491 e. The summed E-state index contributed by atoms with van der Waals surface area (Å²) in [6.07, 6.45) is 2.09. The molecule has 6 heteroatoms. The Kier molecular flexibility index (Phi) is 3.68. The summed E-state index contributed by atoms with van der Waals surface area (Å²) in [5.41, 5.74) is -0.445. The van der Waals surface area contributed by atoms with Gasteiger partial charge < -0.3 is 10.0 Å². The maximum atomic E-state index is 13.3. The van der Waals surface area contributed by atoms with E-state index in [1.807, 2.05) is 0 Å². The van der Waals surface area contributed by atoms with Gasteiger partial charge in [-0.25, -0.2) is 4.39 Å². The second-order valence-electron chi connectivity index (χ2n) is 2.61. The molecule has 0 amide bonds. The van der Waals surface area contributed by atoms with Crippen molar-refractivity contribution in [1.29, 1.82) is 0 Å². The summed E-state index contributed by atoms with van der Waals surface area (Å²) < 4.78 is 13.3.